The number of hydrogen-bond acceptors (Lipinski definition) is 3. The van der Waals surface area contributed by atoms with Crippen molar-refractivity contribution in [1.29, 1.82) is 0 Å². The zero-order valence-electron chi connectivity index (χ0n) is 10.7. The van der Waals surface area contributed by atoms with Gasteiger partial charge in [0.1, 0.15) is 0 Å². The SMILES string of the molecule is CCCN(CC(=O)O)CC(=O)Nc1ccccc1I. The Balaban J connectivity index is 2.57. The number of nitrogens with zero attached hydrogens (tertiary/aromatic N) is 1. The highest BCUT2D eigenvalue weighted by molar-refractivity contribution is 14.1. The van der Waals surface area contributed by atoms with Gasteiger partial charge in [0, 0.05) is 3.57 Å². The number of amides is 1. The van der Waals surface area contributed by atoms with E-state index in [9.17, 15) is 9.59 Å². The molecule has 0 aliphatic heterocycles. The number of hydrogen-bond donors (Lipinski definition) is 2. The summed E-state index contributed by atoms with van der Waals surface area (Å²) in [6.07, 6.45) is 0.809. The van der Waals surface area contributed by atoms with Crippen LogP contribution in [0.2, 0.25) is 0 Å². The van der Waals surface area contributed by atoms with Gasteiger partial charge in [0.25, 0.3) is 0 Å². The summed E-state index contributed by atoms with van der Waals surface area (Å²) in [5, 5.41) is 11.6. The molecule has 6 heteroatoms. The molecule has 0 heterocycles. The molecule has 0 unspecified atom stereocenters. The monoisotopic (exact) mass is 376 g/mol. The Kier molecular flexibility index (Phi) is 6.79. The van der Waals surface area contributed by atoms with Crippen molar-refractivity contribution in [2.75, 3.05) is 25.0 Å². The van der Waals surface area contributed by atoms with E-state index in [-0.39, 0.29) is 19.0 Å². The lowest BCUT2D eigenvalue weighted by molar-refractivity contribution is -0.138. The van der Waals surface area contributed by atoms with Crippen molar-refractivity contribution in [2.45, 2.75) is 13.3 Å². The molecule has 0 aromatic heterocycles. The lowest BCUT2D eigenvalue weighted by Crippen LogP contribution is -2.37. The first-order valence-electron chi connectivity index (χ1n) is 6.01. The predicted octanol–water partition coefficient (Wildman–Crippen LogP) is 2.03. The van der Waals surface area contributed by atoms with Crippen LogP contribution in [-0.2, 0) is 9.59 Å². The molecular weight excluding hydrogens is 359 g/mol. The molecule has 5 nitrogen and oxygen atoms in total. The molecule has 0 spiro atoms. The summed E-state index contributed by atoms with van der Waals surface area (Å²) < 4.78 is 0.953. The summed E-state index contributed by atoms with van der Waals surface area (Å²) in [6, 6.07) is 7.46. The van der Waals surface area contributed by atoms with Crippen LogP contribution in [0.4, 0.5) is 5.69 Å². The van der Waals surface area contributed by atoms with E-state index >= 15 is 0 Å². The first kappa shape index (κ1) is 15.9. The van der Waals surface area contributed by atoms with Gasteiger partial charge in [-0.2, -0.15) is 0 Å². The fraction of sp³-hybridized carbons (Fsp3) is 0.385. The van der Waals surface area contributed by atoms with Crippen LogP contribution < -0.4 is 5.32 Å². The number of nitrogens with one attached hydrogen (secondary N) is 1. The molecule has 1 aromatic carbocycles. The molecule has 0 fully saturated rings. The number of benzene rings is 1. The zero-order chi connectivity index (χ0) is 14.3. The molecule has 104 valence electrons. The molecule has 1 rings (SSSR count). The summed E-state index contributed by atoms with van der Waals surface area (Å²) in [6.45, 7) is 2.51. The second kappa shape index (κ2) is 8.11. The van der Waals surface area contributed by atoms with E-state index in [0.29, 0.717) is 6.54 Å². The van der Waals surface area contributed by atoms with Crippen LogP contribution in [-0.4, -0.2) is 41.5 Å². The van der Waals surface area contributed by atoms with Gasteiger partial charge in [-0.05, 0) is 47.7 Å². The highest BCUT2D eigenvalue weighted by Crippen LogP contribution is 2.16. The summed E-state index contributed by atoms with van der Waals surface area (Å²) in [7, 11) is 0. The maximum Gasteiger partial charge on any atom is 0.317 e. The third-order valence-corrected chi connectivity index (χ3v) is 3.35. The van der Waals surface area contributed by atoms with E-state index in [2.05, 4.69) is 27.9 Å². The van der Waals surface area contributed by atoms with E-state index in [0.717, 1.165) is 15.7 Å². The van der Waals surface area contributed by atoms with Crippen LogP contribution in [0.25, 0.3) is 0 Å². The summed E-state index contributed by atoms with van der Waals surface area (Å²) in [5.74, 6) is -1.12. The third-order valence-electron chi connectivity index (χ3n) is 2.41. The summed E-state index contributed by atoms with van der Waals surface area (Å²) in [5.41, 5.74) is 0.750. The Labute approximate surface area is 126 Å². The molecule has 0 aliphatic carbocycles. The van der Waals surface area contributed by atoms with E-state index in [4.69, 9.17) is 5.11 Å². The number of para-hydroxylation sites is 1. The number of aliphatic carboxylic acids is 1. The normalized spacial score (nSPS) is 10.5. The second-order valence-corrected chi connectivity index (χ2v) is 5.29. The largest absolute Gasteiger partial charge is 0.480 e. The quantitative estimate of drug-likeness (QED) is 0.715. The molecule has 0 aliphatic rings. The Morgan fingerprint density at radius 1 is 1.32 bits per heavy atom. The fourth-order valence-electron chi connectivity index (χ4n) is 1.68. The molecule has 19 heavy (non-hydrogen) atoms. The lowest BCUT2D eigenvalue weighted by Gasteiger charge is -2.18. The molecule has 2 N–H and O–H groups in total. The van der Waals surface area contributed by atoms with Gasteiger partial charge in [-0.1, -0.05) is 19.1 Å². The van der Waals surface area contributed by atoms with Crippen LogP contribution >= 0.6 is 22.6 Å². The number of rotatable bonds is 7. The van der Waals surface area contributed by atoms with Gasteiger partial charge in [-0.25, -0.2) is 0 Å². The summed E-state index contributed by atoms with van der Waals surface area (Å²) >= 11 is 2.14. The minimum absolute atomic E-state index is 0.0884. The molecule has 1 amide bonds. The van der Waals surface area contributed by atoms with Crippen molar-refractivity contribution in [3.8, 4) is 0 Å². The average Bonchev–Trinajstić information content (AvgIpc) is 2.31. The van der Waals surface area contributed by atoms with Gasteiger partial charge in [0.2, 0.25) is 5.91 Å². The average molecular weight is 376 g/mol. The summed E-state index contributed by atoms with van der Waals surface area (Å²) in [4.78, 5) is 24.2. The first-order valence-corrected chi connectivity index (χ1v) is 7.09. The second-order valence-electron chi connectivity index (χ2n) is 4.13. The first-order chi connectivity index (χ1) is 9.02. The van der Waals surface area contributed by atoms with Gasteiger partial charge in [-0.3, -0.25) is 14.5 Å². The van der Waals surface area contributed by atoms with Gasteiger partial charge in [0.05, 0.1) is 18.8 Å². The standard InChI is InChI=1S/C13H17IN2O3/c1-2-7-16(9-13(18)19)8-12(17)15-11-6-4-3-5-10(11)14/h3-6H,2,7-9H2,1H3,(H,15,17)(H,18,19). The Morgan fingerprint density at radius 2 is 2.00 bits per heavy atom. The highest BCUT2D eigenvalue weighted by Gasteiger charge is 2.13. The lowest BCUT2D eigenvalue weighted by atomic mass is 10.3. The van der Waals surface area contributed by atoms with Crippen LogP contribution in [0, 0.1) is 3.57 Å². The van der Waals surface area contributed by atoms with Gasteiger partial charge in [-0.15, -0.1) is 0 Å². The van der Waals surface area contributed by atoms with E-state index in [1.54, 1.807) is 4.90 Å². The highest BCUT2D eigenvalue weighted by atomic mass is 127. The minimum Gasteiger partial charge on any atom is -0.480 e. The van der Waals surface area contributed by atoms with Gasteiger partial charge >= 0.3 is 5.97 Å². The molecule has 0 radical (unpaired) electrons. The van der Waals surface area contributed by atoms with Crippen LogP contribution in [0.3, 0.4) is 0 Å². The number of carboxylic acids is 1. The van der Waals surface area contributed by atoms with Crippen molar-refractivity contribution in [2.24, 2.45) is 0 Å². The number of carbonyl (C=O) groups excluding carboxylic acids is 1. The molecule has 0 bridgehead atoms. The van der Waals surface area contributed by atoms with Gasteiger partial charge < -0.3 is 10.4 Å². The van der Waals surface area contributed by atoms with Crippen molar-refractivity contribution in [3.63, 3.8) is 0 Å². The predicted molar refractivity (Wildman–Crippen MR) is 82.2 cm³/mol. The number of anilines is 1. The topological polar surface area (TPSA) is 69.6 Å². The number of carboxylic acid groups (broad SMARTS) is 1. The Bertz CT molecular complexity index is 451. The van der Waals surface area contributed by atoms with E-state index < -0.39 is 5.97 Å². The zero-order valence-corrected chi connectivity index (χ0v) is 12.9. The van der Waals surface area contributed by atoms with Crippen molar-refractivity contribution < 1.29 is 14.7 Å². The van der Waals surface area contributed by atoms with Crippen LogP contribution in [0.1, 0.15) is 13.3 Å². The fourth-order valence-corrected chi connectivity index (χ4v) is 2.20. The maximum absolute atomic E-state index is 11.9. The smallest absolute Gasteiger partial charge is 0.317 e. The van der Waals surface area contributed by atoms with Crippen molar-refractivity contribution >= 4 is 40.2 Å². The van der Waals surface area contributed by atoms with Crippen LogP contribution in [0.5, 0.6) is 0 Å². The van der Waals surface area contributed by atoms with E-state index in [1.165, 1.54) is 0 Å². The minimum atomic E-state index is -0.921. The molecule has 0 atom stereocenters. The van der Waals surface area contributed by atoms with Crippen molar-refractivity contribution in [1.82, 2.24) is 4.90 Å². The number of carbonyl (C=O) groups is 2. The molecular formula is C13H17IN2O3. The van der Waals surface area contributed by atoms with Crippen LogP contribution in [0.15, 0.2) is 24.3 Å². The Morgan fingerprint density at radius 3 is 2.58 bits per heavy atom. The Hall–Kier alpha value is -1.15. The van der Waals surface area contributed by atoms with E-state index in [1.807, 2.05) is 31.2 Å². The number of halogens is 1. The third kappa shape index (κ3) is 6.02. The molecule has 0 saturated carbocycles. The maximum atomic E-state index is 11.9. The molecule has 1 aromatic rings. The van der Waals surface area contributed by atoms with Gasteiger partial charge in [0.15, 0.2) is 0 Å². The van der Waals surface area contributed by atoms with Crippen molar-refractivity contribution in [3.05, 3.63) is 27.8 Å². The molecule has 0 saturated heterocycles.